The smallest absolute Gasteiger partial charge is 0.152 e. The molecule has 0 aliphatic carbocycles. The molecule has 0 saturated carbocycles. The Morgan fingerprint density at radius 3 is 1.50 bits per heavy atom. The van der Waals surface area contributed by atoms with Gasteiger partial charge >= 0.3 is 0 Å². The fourth-order valence-corrected chi connectivity index (χ4v) is 6.34. The minimum Gasteiger partial charge on any atom is -0.380 e. The zero-order valence-corrected chi connectivity index (χ0v) is 13.8. The second-order valence-corrected chi connectivity index (χ2v) is 10.5. The molecule has 2 aliphatic heterocycles. The van der Waals surface area contributed by atoms with Gasteiger partial charge in [-0.2, -0.15) is 0 Å². The molecule has 0 aromatic heterocycles. The molecule has 2 fully saturated rings. The van der Waals surface area contributed by atoms with E-state index in [1.54, 1.807) is 0 Å². The zero-order valence-electron chi connectivity index (χ0n) is 12.2. The minimum absolute atomic E-state index is 0.0831. The number of nitrogens with one attached hydrogen (secondary N) is 2. The van der Waals surface area contributed by atoms with Crippen LogP contribution in [0.5, 0.6) is 0 Å². The van der Waals surface area contributed by atoms with Crippen molar-refractivity contribution >= 4 is 31.0 Å². The summed E-state index contributed by atoms with van der Waals surface area (Å²) in [6.45, 7) is 0. The maximum atomic E-state index is 11.5. The van der Waals surface area contributed by atoms with E-state index in [0.29, 0.717) is 12.8 Å². The number of sulfone groups is 2. The largest absolute Gasteiger partial charge is 0.380 e. The van der Waals surface area contributed by atoms with Gasteiger partial charge < -0.3 is 10.6 Å². The molecule has 122 valence electrons. The second kappa shape index (κ2) is 5.73. The van der Waals surface area contributed by atoms with Crippen molar-refractivity contribution in [2.45, 2.75) is 24.9 Å². The predicted octanol–water partition coefficient (Wildman–Crippen LogP) is 0.885. The van der Waals surface area contributed by atoms with Crippen LogP contribution in [0.4, 0.5) is 11.4 Å². The molecule has 2 unspecified atom stereocenters. The molecule has 0 amide bonds. The molecule has 2 atom stereocenters. The normalized spacial score (nSPS) is 29.3. The molecule has 1 aromatic rings. The van der Waals surface area contributed by atoms with Crippen molar-refractivity contribution in [3.05, 3.63) is 24.3 Å². The number of rotatable bonds is 4. The monoisotopic (exact) mass is 344 g/mol. The number of hydrogen-bond acceptors (Lipinski definition) is 6. The first kappa shape index (κ1) is 15.6. The highest BCUT2D eigenvalue weighted by atomic mass is 32.2. The van der Waals surface area contributed by atoms with Gasteiger partial charge in [0.25, 0.3) is 0 Å². The third kappa shape index (κ3) is 3.73. The van der Waals surface area contributed by atoms with Crippen LogP contribution in [0.3, 0.4) is 0 Å². The molecule has 3 rings (SSSR count). The SMILES string of the molecule is O=S1(=O)CCC(Nc2ccccc2NC2CCS(=O)(=O)C2)C1. The summed E-state index contributed by atoms with van der Waals surface area (Å²) in [5.74, 6) is 0.751. The molecule has 2 heterocycles. The van der Waals surface area contributed by atoms with E-state index in [9.17, 15) is 16.8 Å². The van der Waals surface area contributed by atoms with Crippen LogP contribution in [-0.2, 0) is 19.7 Å². The van der Waals surface area contributed by atoms with Gasteiger partial charge in [0.15, 0.2) is 19.7 Å². The van der Waals surface area contributed by atoms with Crippen LogP contribution < -0.4 is 10.6 Å². The Labute approximate surface area is 131 Å². The summed E-state index contributed by atoms with van der Waals surface area (Å²) in [7, 11) is -5.86. The molecule has 0 bridgehead atoms. The molecule has 0 radical (unpaired) electrons. The molecule has 22 heavy (non-hydrogen) atoms. The Hall–Kier alpha value is -1.28. The zero-order chi connectivity index (χ0) is 15.8. The third-order valence-electron chi connectivity index (χ3n) is 4.11. The summed E-state index contributed by atoms with van der Waals surface area (Å²) < 4.78 is 46.2. The highest BCUT2D eigenvalue weighted by molar-refractivity contribution is 7.91. The highest BCUT2D eigenvalue weighted by Crippen LogP contribution is 2.27. The van der Waals surface area contributed by atoms with Gasteiger partial charge in [-0.05, 0) is 25.0 Å². The van der Waals surface area contributed by atoms with E-state index >= 15 is 0 Å². The first-order valence-electron chi connectivity index (χ1n) is 7.36. The maximum Gasteiger partial charge on any atom is 0.152 e. The Morgan fingerprint density at radius 1 is 0.773 bits per heavy atom. The van der Waals surface area contributed by atoms with Crippen LogP contribution in [0.15, 0.2) is 24.3 Å². The lowest BCUT2D eigenvalue weighted by atomic mass is 10.2. The number of hydrogen-bond donors (Lipinski definition) is 2. The van der Waals surface area contributed by atoms with Crippen LogP contribution in [-0.4, -0.2) is 51.9 Å². The average molecular weight is 344 g/mol. The predicted molar refractivity (Wildman–Crippen MR) is 87.8 cm³/mol. The van der Waals surface area contributed by atoms with Gasteiger partial charge in [0, 0.05) is 12.1 Å². The van der Waals surface area contributed by atoms with Crippen LogP contribution in [0.25, 0.3) is 0 Å². The van der Waals surface area contributed by atoms with E-state index in [-0.39, 0.29) is 35.1 Å². The Morgan fingerprint density at radius 2 is 1.18 bits per heavy atom. The van der Waals surface area contributed by atoms with Crippen LogP contribution in [0.2, 0.25) is 0 Å². The van der Waals surface area contributed by atoms with E-state index in [0.717, 1.165) is 11.4 Å². The fraction of sp³-hybridized carbons (Fsp3) is 0.571. The van der Waals surface area contributed by atoms with Crippen molar-refractivity contribution in [1.82, 2.24) is 0 Å². The molecule has 2 N–H and O–H groups in total. The topological polar surface area (TPSA) is 92.3 Å². The van der Waals surface area contributed by atoms with Gasteiger partial charge in [-0.25, -0.2) is 16.8 Å². The van der Waals surface area contributed by atoms with Crippen LogP contribution in [0, 0.1) is 0 Å². The average Bonchev–Trinajstić information content (AvgIpc) is 2.94. The van der Waals surface area contributed by atoms with Crippen molar-refractivity contribution in [2.24, 2.45) is 0 Å². The van der Waals surface area contributed by atoms with Crippen molar-refractivity contribution in [3.8, 4) is 0 Å². The molecule has 2 aliphatic rings. The number of benzene rings is 1. The third-order valence-corrected chi connectivity index (χ3v) is 7.65. The van der Waals surface area contributed by atoms with E-state index in [1.807, 2.05) is 24.3 Å². The minimum atomic E-state index is -2.93. The summed E-state index contributed by atoms with van der Waals surface area (Å²) in [6, 6.07) is 7.36. The van der Waals surface area contributed by atoms with Crippen molar-refractivity contribution in [2.75, 3.05) is 33.6 Å². The Kier molecular flexibility index (Phi) is 4.07. The highest BCUT2D eigenvalue weighted by Gasteiger charge is 2.30. The van der Waals surface area contributed by atoms with Gasteiger partial charge in [-0.15, -0.1) is 0 Å². The molecule has 1 aromatic carbocycles. The summed E-state index contributed by atoms with van der Waals surface area (Å²) in [5.41, 5.74) is 1.66. The number of para-hydroxylation sites is 2. The molecule has 6 nitrogen and oxygen atoms in total. The van der Waals surface area contributed by atoms with E-state index in [2.05, 4.69) is 10.6 Å². The lowest BCUT2D eigenvalue weighted by Gasteiger charge is -2.19. The van der Waals surface area contributed by atoms with Crippen LogP contribution in [0.1, 0.15) is 12.8 Å². The lowest BCUT2D eigenvalue weighted by molar-refractivity contribution is 0.600. The van der Waals surface area contributed by atoms with Crippen molar-refractivity contribution < 1.29 is 16.8 Å². The van der Waals surface area contributed by atoms with Gasteiger partial charge in [0.1, 0.15) is 0 Å². The Balaban J connectivity index is 1.71. The van der Waals surface area contributed by atoms with Crippen molar-refractivity contribution in [1.29, 1.82) is 0 Å². The van der Waals surface area contributed by atoms with E-state index in [4.69, 9.17) is 0 Å². The fourth-order valence-electron chi connectivity index (χ4n) is 2.99. The van der Waals surface area contributed by atoms with Gasteiger partial charge in [-0.1, -0.05) is 12.1 Å². The molecular weight excluding hydrogens is 324 g/mol. The second-order valence-electron chi connectivity index (χ2n) is 6.03. The first-order chi connectivity index (χ1) is 10.3. The summed E-state index contributed by atoms with van der Waals surface area (Å²) >= 11 is 0. The van der Waals surface area contributed by atoms with E-state index < -0.39 is 19.7 Å². The Bertz CT molecular complexity index is 694. The van der Waals surface area contributed by atoms with Gasteiger partial charge in [0.05, 0.1) is 34.4 Å². The molecule has 0 spiro atoms. The lowest BCUT2D eigenvalue weighted by Crippen LogP contribution is -2.24. The molecular formula is C14H20N2O4S2. The first-order valence-corrected chi connectivity index (χ1v) is 11.0. The number of anilines is 2. The van der Waals surface area contributed by atoms with Gasteiger partial charge in [0.2, 0.25) is 0 Å². The van der Waals surface area contributed by atoms with Crippen LogP contribution >= 0.6 is 0 Å². The molecule has 8 heteroatoms. The maximum absolute atomic E-state index is 11.5. The van der Waals surface area contributed by atoms with E-state index in [1.165, 1.54) is 0 Å². The van der Waals surface area contributed by atoms with Crippen molar-refractivity contribution in [3.63, 3.8) is 0 Å². The van der Waals surface area contributed by atoms with Gasteiger partial charge in [-0.3, -0.25) is 0 Å². The summed E-state index contributed by atoms with van der Waals surface area (Å²) in [6.07, 6.45) is 1.21. The summed E-state index contributed by atoms with van der Waals surface area (Å²) in [5, 5.41) is 6.54. The quantitative estimate of drug-likeness (QED) is 0.842. The summed E-state index contributed by atoms with van der Waals surface area (Å²) in [4.78, 5) is 0. The molecule has 2 saturated heterocycles. The standard InChI is InChI=1S/C14H20N2O4S2/c17-21(18)7-5-11(9-21)15-13-3-1-2-4-14(13)16-12-6-8-22(19,20)10-12/h1-4,11-12,15-16H,5-10H2.